The lowest BCUT2D eigenvalue weighted by Crippen LogP contribution is -2.14. The zero-order valence-corrected chi connectivity index (χ0v) is 13.1. The number of carbonyl (C=O) groups excluding carboxylic acids is 1. The number of thiophene rings is 1. The minimum Gasteiger partial charge on any atom is -0.316 e. The summed E-state index contributed by atoms with van der Waals surface area (Å²) in [7, 11) is 0. The average molecular weight is 325 g/mol. The summed E-state index contributed by atoms with van der Waals surface area (Å²) in [6, 6.07) is 13.6. The van der Waals surface area contributed by atoms with Crippen molar-refractivity contribution in [3.8, 4) is 16.6 Å². The van der Waals surface area contributed by atoms with Crippen molar-refractivity contribution in [2.75, 3.05) is 5.32 Å². The quantitative estimate of drug-likeness (QED) is 0.790. The first kappa shape index (κ1) is 14.4. The SMILES string of the molecule is N#Cc1ccsc1NC(=O)Cc1csc(-c2ccccc2)n1. The van der Waals surface area contributed by atoms with Gasteiger partial charge in [0.2, 0.25) is 5.91 Å². The summed E-state index contributed by atoms with van der Waals surface area (Å²) >= 11 is 2.86. The van der Waals surface area contributed by atoms with Crippen LogP contribution in [0.3, 0.4) is 0 Å². The predicted molar refractivity (Wildman–Crippen MR) is 88.9 cm³/mol. The summed E-state index contributed by atoms with van der Waals surface area (Å²) in [4.78, 5) is 16.5. The maximum atomic E-state index is 12.0. The van der Waals surface area contributed by atoms with Crippen LogP contribution < -0.4 is 5.32 Å². The maximum absolute atomic E-state index is 12.0. The van der Waals surface area contributed by atoms with E-state index in [-0.39, 0.29) is 12.3 Å². The Balaban J connectivity index is 1.68. The van der Waals surface area contributed by atoms with Crippen LogP contribution in [0.4, 0.5) is 5.00 Å². The second-order valence-corrected chi connectivity index (χ2v) is 6.28. The molecule has 0 fully saturated rings. The minimum atomic E-state index is -0.163. The number of benzene rings is 1. The van der Waals surface area contributed by atoms with Crippen molar-refractivity contribution in [3.63, 3.8) is 0 Å². The fourth-order valence-electron chi connectivity index (χ4n) is 1.93. The molecule has 0 spiro atoms. The molecule has 1 N–H and O–H groups in total. The first-order valence-electron chi connectivity index (χ1n) is 6.53. The fraction of sp³-hybridized carbons (Fsp3) is 0.0625. The van der Waals surface area contributed by atoms with Crippen molar-refractivity contribution >= 4 is 33.6 Å². The molecule has 0 aliphatic heterocycles. The van der Waals surface area contributed by atoms with E-state index in [0.717, 1.165) is 16.3 Å². The Bertz CT molecular complexity index is 830. The number of rotatable bonds is 4. The average Bonchev–Trinajstić information content (AvgIpc) is 3.17. The Morgan fingerprint density at radius 1 is 1.23 bits per heavy atom. The molecule has 0 unspecified atom stereocenters. The summed E-state index contributed by atoms with van der Waals surface area (Å²) in [6.45, 7) is 0. The van der Waals surface area contributed by atoms with E-state index >= 15 is 0 Å². The van der Waals surface area contributed by atoms with Gasteiger partial charge in [-0.15, -0.1) is 22.7 Å². The number of nitrogens with zero attached hydrogens (tertiary/aromatic N) is 2. The van der Waals surface area contributed by atoms with Gasteiger partial charge in [-0.05, 0) is 11.4 Å². The van der Waals surface area contributed by atoms with Gasteiger partial charge in [0, 0.05) is 10.9 Å². The molecular weight excluding hydrogens is 314 g/mol. The van der Waals surface area contributed by atoms with Crippen LogP contribution in [-0.4, -0.2) is 10.9 Å². The molecule has 2 heterocycles. The fourth-order valence-corrected chi connectivity index (χ4v) is 3.51. The number of anilines is 1. The van der Waals surface area contributed by atoms with Gasteiger partial charge in [0.05, 0.1) is 17.7 Å². The van der Waals surface area contributed by atoms with Crippen LogP contribution in [0.1, 0.15) is 11.3 Å². The van der Waals surface area contributed by atoms with E-state index in [4.69, 9.17) is 5.26 Å². The third-order valence-corrected chi connectivity index (χ3v) is 4.72. The Hall–Kier alpha value is -2.49. The summed E-state index contributed by atoms with van der Waals surface area (Å²) < 4.78 is 0. The molecule has 6 heteroatoms. The van der Waals surface area contributed by atoms with Crippen LogP contribution >= 0.6 is 22.7 Å². The van der Waals surface area contributed by atoms with Crippen LogP contribution in [0.2, 0.25) is 0 Å². The van der Waals surface area contributed by atoms with Crippen LogP contribution in [0.5, 0.6) is 0 Å². The smallest absolute Gasteiger partial charge is 0.231 e. The van der Waals surface area contributed by atoms with Crippen LogP contribution in [0.25, 0.3) is 10.6 Å². The molecule has 0 aliphatic carbocycles. The number of nitrogens with one attached hydrogen (secondary N) is 1. The van der Waals surface area contributed by atoms with Crippen LogP contribution in [0, 0.1) is 11.3 Å². The van der Waals surface area contributed by atoms with E-state index in [9.17, 15) is 4.79 Å². The van der Waals surface area contributed by atoms with Crippen LogP contribution in [-0.2, 0) is 11.2 Å². The summed E-state index contributed by atoms with van der Waals surface area (Å²) in [5, 5.41) is 16.9. The van der Waals surface area contributed by atoms with E-state index in [0.29, 0.717) is 10.6 Å². The van der Waals surface area contributed by atoms with Crippen molar-refractivity contribution in [3.05, 3.63) is 58.4 Å². The number of aromatic nitrogens is 1. The van der Waals surface area contributed by atoms with E-state index in [2.05, 4.69) is 16.4 Å². The number of hydrogen-bond donors (Lipinski definition) is 1. The molecule has 3 rings (SSSR count). The Morgan fingerprint density at radius 3 is 2.82 bits per heavy atom. The van der Waals surface area contributed by atoms with Gasteiger partial charge < -0.3 is 5.32 Å². The minimum absolute atomic E-state index is 0.163. The molecule has 0 saturated heterocycles. The molecule has 0 atom stereocenters. The lowest BCUT2D eigenvalue weighted by atomic mass is 10.2. The van der Waals surface area contributed by atoms with Crippen molar-refractivity contribution in [1.82, 2.24) is 4.98 Å². The van der Waals surface area contributed by atoms with Gasteiger partial charge in [0.25, 0.3) is 0 Å². The molecule has 4 nitrogen and oxygen atoms in total. The molecule has 1 aromatic carbocycles. The molecule has 22 heavy (non-hydrogen) atoms. The molecule has 0 saturated carbocycles. The predicted octanol–water partition coefficient (Wildman–Crippen LogP) is 3.92. The van der Waals surface area contributed by atoms with Gasteiger partial charge in [-0.25, -0.2) is 4.98 Å². The zero-order chi connectivity index (χ0) is 15.4. The van der Waals surface area contributed by atoms with Crippen molar-refractivity contribution < 1.29 is 4.79 Å². The molecular formula is C16H11N3OS2. The lowest BCUT2D eigenvalue weighted by Gasteiger charge is -2.01. The Labute approximate surface area is 135 Å². The van der Waals surface area contributed by atoms with Gasteiger partial charge in [-0.3, -0.25) is 4.79 Å². The number of amides is 1. The molecule has 3 aromatic rings. The number of thiazole rings is 1. The first-order chi connectivity index (χ1) is 10.8. The van der Waals surface area contributed by atoms with Crippen molar-refractivity contribution in [1.29, 1.82) is 5.26 Å². The molecule has 0 bridgehead atoms. The monoisotopic (exact) mass is 325 g/mol. The highest BCUT2D eigenvalue weighted by atomic mass is 32.1. The highest BCUT2D eigenvalue weighted by Crippen LogP contribution is 2.25. The molecule has 0 aliphatic rings. The van der Waals surface area contributed by atoms with Gasteiger partial charge >= 0.3 is 0 Å². The second-order valence-electron chi connectivity index (χ2n) is 4.51. The zero-order valence-electron chi connectivity index (χ0n) is 11.4. The molecule has 2 aromatic heterocycles. The van der Waals surface area contributed by atoms with Gasteiger partial charge in [-0.2, -0.15) is 5.26 Å². The Morgan fingerprint density at radius 2 is 2.05 bits per heavy atom. The third kappa shape index (κ3) is 3.22. The topological polar surface area (TPSA) is 65.8 Å². The highest BCUT2D eigenvalue weighted by Gasteiger charge is 2.11. The lowest BCUT2D eigenvalue weighted by molar-refractivity contribution is -0.115. The second kappa shape index (κ2) is 6.52. The van der Waals surface area contributed by atoms with E-state index in [1.807, 2.05) is 35.7 Å². The summed E-state index contributed by atoms with van der Waals surface area (Å²) in [6.07, 6.45) is 0.200. The molecule has 108 valence electrons. The highest BCUT2D eigenvalue weighted by molar-refractivity contribution is 7.14. The number of hydrogen-bond acceptors (Lipinski definition) is 5. The summed E-state index contributed by atoms with van der Waals surface area (Å²) in [5.74, 6) is -0.163. The van der Waals surface area contributed by atoms with Crippen molar-refractivity contribution in [2.45, 2.75) is 6.42 Å². The van der Waals surface area contributed by atoms with E-state index < -0.39 is 0 Å². The Kier molecular flexibility index (Phi) is 4.28. The van der Waals surface area contributed by atoms with E-state index in [1.165, 1.54) is 22.7 Å². The maximum Gasteiger partial charge on any atom is 0.231 e. The standard InChI is InChI=1S/C16H11N3OS2/c17-9-12-6-7-21-16(12)19-14(20)8-13-10-22-15(18-13)11-4-2-1-3-5-11/h1-7,10H,8H2,(H,19,20). The normalized spacial score (nSPS) is 10.1. The number of nitriles is 1. The third-order valence-electron chi connectivity index (χ3n) is 2.95. The summed E-state index contributed by atoms with van der Waals surface area (Å²) in [5.41, 5.74) is 2.27. The van der Waals surface area contributed by atoms with E-state index in [1.54, 1.807) is 11.4 Å². The van der Waals surface area contributed by atoms with Gasteiger partial charge in [-0.1, -0.05) is 30.3 Å². The van der Waals surface area contributed by atoms with Crippen molar-refractivity contribution in [2.24, 2.45) is 0 Å². The molecule has 0 radical (unpaired) electrons. The first-order valence-corrected chi connectivity index (χ1v) is 8.29. The van der Waals surface area contributed by atoms with Gasteiger partial charge in [0.15, 0.2) is 0 Å². The number of carbonyl (C=O) groups is 1. The van der Waals surface area contributed by atoms with Gasteiger partial charge in [0.1, 0.15) is 16.1 Å². The van der Waals surface area contributed by atoms with Crippen LogP contribution in [0.15, 0.2) is 47.2 Å². The molecule has 1 amide bonds. The largest absolute Gasteiger partial charge is 0.316 e.